The molecule has 2 N–H and O–H groups in total. The van der Waals surface area contributed by atoms with Gasteiger partial charge >= 0.3 is 5.91 Å². The van der Waals surface area contributed by atoms with Crippen molar-refractivity contribution in [3.63, 3.8) is 0 Å². The molecule has 1 atom stereocenters. The Hall–Kier alpha value is -4.26. The van der Waals surface area contributed by atoms with Gasteiger partial charge in [-0.25, -0.2) is 4.98 Å². The van der Waals surface area contributed by atoms with E-state index in [1.165, 1.54) is 4.90 Å². The molecule has 1 aliphatic heterocycles. The molecule has 7 heteroatoms. The number of carbonyl (C=O) groups excluding carboxylic acids is 2. The Balaban J connectivity index is 1.74. The predicted molar refractivity (Wildman–Crippen MR) is 140 cm³/mol. The first-order valence-corrected chi connectivity index (χ1v) is 11.9. The standard InChI is InChI=1S/C29H28N4O3/c1-16-9-12-20-22(14-16)32-28(31-20)33-24(21-8-6-7-13-30-21)23(26(35)27(33)36)25(34)19-15-18(29(3,4)5)11-10-17(19)2/h6-15,24,34H,1-5H3,(H,31,32)/b25-23+. The summed E-state index contributed by atoms with van der Waals surface area (Å²) in [6, 6.07) is 15.9. The Kier molecular flexibility index (Phi) is 5.51. The van der Waals surface area contributed by atoms with Crippen LogP contribution < -0.4 is 4.90 Å². The number of aryl methyl sites for hydroxylation is 2. The van der Waals surface area contributed by atoms with Crippen molar-refractivity contribution in [1.82, 2.24) is 15.0 Å². The molecule has 182 valence electrons. The highest BCUT2D eigenvalue weighted by molar-refractivity contribution is 6.51. The highest BCUT2D eigenvalue weighted by atomic mass is 16.3. The molecule has 2 aromatic carbocycles. The Bertz CT molecular complexity index is 1540. The largest absolute Gasteiger partial charge is 0.507 e. The van der Waals surface area contributed by atoms with Crippen molar-refractivity contribution in [1.29, 1.82) is 0 Å². The third-order valence-corrected chi connectivity index (χ3v) is 6.62. The first-order chi connectivity index (χ1) is 17.1. The Labute approximate surface area is 209 Å². The second-order valence-corrected chi connectivity index (χ2v) is 10.3. The van der Waals surface area contributed by atoms with Crippen molar-refractivity contribution >= 4 is 34.4 Å². The summed E-state index contributed by atoms with van der Waals surface area (Å²) < 4.78 is 0. The molecule has 0 saturated carbocycles. The number of hydrogen-bond acceptors (Lipinski definition) is 5. The fourth-order valence-electron chi connectivity index (χ4n) is 4.58. The molecule has 7 nitrogen and oxygen atoms in total. The molecule has 2 aromatic heterocycles. The fourth-order valence-corrected chi connectivity index (χ4v) is 4.58. The predicted octanol–water partition coefficient (Wildman–Crippen LogP) is 5.50. The number of nitrogens with zero attached hydrogens (tertiary/aromatic N) is 3. The molecule has 0 radical (unpaired) electrons. The Morgan fingerprint density at radius 1 is 1.03 bits per heavy atom. The van der Waals surface area contributed by atoms with Crippen molar-refractivity contribution in [2.24, 2.45) is 0 Å². The normalized spacial score (nSPS) is 17.8. The quantitative estimate of drug-likeness (QED) is 0.229. The molecule has 4 aromatic rings. The summed E-state index contributed by atoms with van der Waals surface area (Å²) in [4.78, 5) is 40.4. The van der Waals surface area contributed by atoms with E-state index < -0.39 is 17.7 Å². The molecule has 1 aliphatic rings. The zero-order valence-corrected chi connectivity index (χ0v) is 21.0. The van der Waals surface area contributed by atoms with Gasteiger partial charge in [-0.1, -0.05) is 45.0 Å². The Morgan fingerprint density at radius 2 is 1.81 bits per heavy atom. The zero-order chi connectivity index (χ0) is 25.8. The summed E-state index contributed by atoms with van der Waals surface area (Å²) in [5, 5.41) is 11.6. The summed E-state index contributed by atoms with van der Waals surface area (Å²) in [6.07, 6.45) is 1.60. The monoisotopic (exact) mass is 480 g/mol. The van der Waals surface area contributed by atoms with Gasteiger partial charge in [0.15, 0.2) is 0 Å². The molecule has 1 saturated heterocycles. The molecular formula is C29H28N4O3. The second-order valence-electron chi connectivity index (χ2n) is 10.3. The summed E-state index contributed by atoms with van der Waals surface area (Å²) in [6.45, 7) is 10.1. The smallest absolute Gasteiger partial charge is 0.302 e. The number of amides is 1. The van der Waals surface area contributed by atoms with Crippen LogP contribution in [0.15, 0.2) is 66.4 Å². The van der Waals surface area contributed by atoms with E-state index in [2.05, 4.69) is 35.7 Å². The van der Waals surface area contributed by atoms with Gasteiger partial charge in [0.25, 0.3) is 5.78 Å². The maximum atomic E-state index is 13.5. The topological polar surface area (TPSA) is 99.2 Å². The van der Waals surface area contributed by atoms with Gasteiger partial charge in [-0.15, -0.1) is 0 Å². The molecule has 1 unspecified atom stereocenters. The van der Waals surface area contributed by atoms with E-state index in [-0.39, 0.29) is 22.7 Å². The van der Waals surface area contributed by atoms with Crippen molar-refractivity contribution in [2.45, 2.75) is 46.1 Å². The van der Waals surface area contributed by atoms with Gasteiger partial charge in [0, 0.05) is 11.8 Å². The van der Waals surface area contributed by atoms with Gasteiger partial charge in [-0.2, -0.15) is 0 Å². The number of benzene rings is 2. The maximum Gasteiger partial charge on any atom is 0.302 e. The summed E-state index contributed by atoms with van der Waals surface area (Å²) in [7, 11) is 0. The second kappa shape index (κ2) is 8.45. The minimum atomic E-state index is -0.939. The Morgan fingerprint density at radius 3 is 2.50 bits per heavy atom. The molecule has 1 amide bonds. The number of pyridine rings is 1. The lowest BCUT2D eigenvalue weighted by Crippen LogP contribution is -2.30. The molecule has 0 bridgehead atoms. The number of Topliss-reactive ketones (excluding diaryl/α,β-unsaturated/α-hetero) is 1. The summed E-state index contributed by atoms with van der Waals surface area (Å²) in [5.41, 5.74) is 5.06. The third-order valence-electron chi connectivity index (χ3n) is 6.62. The fraction of sp³-hybridized carbons (Fsp3) is 0.241. The van der Waals surface area contributed by atoms with E-state index in [1.54, 1.807) is 24.4 Å². The molecule has 36 heavy (non-hydrogen) atoms. The number of ketones is 1. The van der Waals surface area contributed by atoms with Crippen LogP contribution in [0.25, 0.3) is 16.8 Å². The summed E-state index contributed by atoms with van der Waals surface area (Å²) in [5.74, 6) is -1.54. The van der Waals surface area contributed by atoms with Crippen molar-refractivity contribution in [3.05, 3.63) is 94.3 Å². The number of imidazole rings is 1. The number of H-pyrrole nitrogens is 1. The van der Waals surface area contributed by atoms with Crippen LogP contribution in [0.4, 0.5) is 5.95 Å². The lowest BCUT2D eigenvalue weighted by Gasteiger charge is -2.23. The van der Waals surface area contributed by atoms with Crippen LogP contribution in [0.3, 0.4) is 0 Å². The number of aliphatic hydroxyl groups excluding tert-OH is 1. The van der Waals surface area contributed by atoms with Gasteiger partial charge < -0.3 is 10.1 Å². The molecule has 1 fully saturated rings. The van der Waals surface area contributed by atoms with Gasteiger partial charge in [0.2, 0.25) is 5.95 Å². The van der Waals surface area contributed by atoms with E-state index in [4.69, 9.17) is 0 Å². The van der Waals surface area contributed by atoms with Crippen molar-refractivity contribution in [2.75, 3.05) is 4.90 Å². The van der Waals surface area contributed by atoms with Gasteiger partial charge in [0.1, 0.15) is 11.8 Å². The van der Waals surface area contributed by atoms with Crippen LogP contribution in [-0.4, -0.2) is 31.7 Å². The van der Waals surface area contributed by atoms with Crippen LogP contribution >= 0.6 is 0 Å². The van der Waals surface area contributed by atoms with Crippen LogP contribution in [-0.2, 0) is 15.0 Å². The van der Waals surface area contributed by atoms with Crippen LogP contribution in [0.1, 0.15) is 54.8 Å². The number of aliphatic hydroxyl groups is 1. The average molecular weight is 481 g/mol. The van der Waals surface area contributed by atoms with Gasteiger partial charge in [-0.05, 0) is 66.3 Å². The van der Waals surface area contributed by atoms with E-state index in [9.17, 15) is 14.7 Å². The number of nitrogens with one attached hydrogen (secondary N) is 1. The lowest BCUT2D eigenvalue weighted by atomic mass is 9.84. The number of fused-ring (bicyclic) bond motifs is 1. The SMILES string of the molecule is Cc1ccc2nc(N3C(=O)C(=O)/C(=C(/O)c4cc(C(C)(C)C)ccc4C)C3c3ccccn3)[nH]c2c1. The third kappa shape index (κ3) is 3.86. The minimum Gasteiger partial charge on any atom is -0.507 e. The van der Waals surface area contributed by atoms with Gasteiger partial charge in [0.05, 0.1) is 22.3 Å². The van der Waals surface area contributed by atoms with E-state index >= 15 is 0 Å². The highest BCUT2D eigenvalue weighted by Gasteiger charge is 2.49. The zero-order valence-electron chi connectivity index (χ0n) is 21.0. The number of anilines is 1. The molecular weight excluding hydrogens is 452 g/mol. The van der Waals surface area contributed by atoms with E-state index in [0.717, 1.165) is 22.2 Å². The van der Waals surface area contributed by atoms with E-state index in [0.29, 0.717) is 16.8 Å². The molecule has 3 heterocycles. The first kappa shape index (κ1) is 23.5. The van der Waals surface area contributed by atoms with Crippen LogP contribution in [0.5, 0.6) is 0 Å². The summed E-state index contributed by atoms with van der Waals surface area (Å²) >= 11 is 0. The van der Waals surface area contributed by atoms with Crippen molar-refractivity contribution < 1.29 is 14.7 Å². The molecule has 0 aliphatic carbocycles. The number of carbonyl (C=O) groups is 2. The minimum absolute atomic E-state index is 0.00973. The van der Waals surface area contributed by atoms with Crippen LogP contribution in [0.2, 0.25) is 0 Å². The average Bonchev–Trinajstić information content (AvgIpc) is 3.36. The first-order valence-electron chi connectivity index (χ1n) is 11.9. The van der Waals surface area contributed by atoms with Gasteiger partial charge in [-0.3, -0.25) is 19.5 Å². The highest BCUT2D eigenvalue weighted by Crippen LogP contribution is 2.42. The van der Waals surface area contributed by atoms with Crippen molar-refractivity contribution in [3.8, 4) is 0 Å². The molecule has 0 spiro atoms. The van der Waals surface area contributed by atoms with E-state index in [1.807, 2.05) is 50.2 Å². The number of rotatable bonds is 3. The van der Waals surface area contributed by atoms with Crippen LogP contribution in [0, 0.1) is 13.8 Å². The lowest BCUT2D eigenvalue weighted by molar-refractivity contribution is -0.132. The number of aromatic nitrogens is 3. The molecule has 5 rings (SSSR count). The number of aromatic amines is 1. The number of hydrogen-bond donors (Lipinski definition) is 2. The maximum absolute atomic E-state index is 13.5.